The van der Waals surface area contributed by atoms with Crippen molar-refractivity contribution >= 4 is 12.2 Å². The van der Waals surface area contributed by atoms with Crippen LogP contribution in [0.1, 0.15) is 6.92 Å². The Morgan fingerprint density at radius 2 is 2.23 bits per heavy atom. The van der Waals surface area contributed by atoms with E-state index in [1.54, 1.807) is 0 Å². The number of piperazine rings is 1. The summed E-state index contributed by atoms with van der Waals surface area (Å²) in [6, 6.07) is 0. The zero-order valence-corrected chi connectivity index (χ0v) is 7.73. The van der Waals surface area contributed by atoms with Crippen molar-refractivity contribution < 1.29 is 4.79 Å². The third-order valence-electron chi connectivity index (χ3n) is 1.80. The molecule has 0 spiro atoms. The van der Waals surface area contributed by atoms with Crippen molar-refractivity contribution in [2.75, 3.05) is 26.2 Å². The first-order valence-corrected chi connectivity index (χ1v) is 4.24. The van der Waals surface area contributed by atoms with Crippen LogP contribution < -0.4 is 11.2 Å². The van der Waals surface area contributed by atoms with Crippen LogP contribution >= 0.6 is 0 Å². The summed E-state index contributed by atoms with van der Waals surface area (Å²) in [6.45, 7) is 4.93. The monoisotopic (exact) mass is 185 g/mol. The second kappa shape index (κ2) is 4.78. The van der Waals surface area contributed by atoms with Crippen LogP contribution in [0.2, 0.25) is 0 Å². The van der Waals surface area contributed by atoms with Gasteiger partial charge in [0.25, 0.3) is 0 Å². The third kappa shape index (κ3) is 3.39. The Morgan fingerprint density at radius 3 is 2.77 bits per heavy atom. The molecule has 0 bridgehead atoms. The Balaban J connectivity index is 2.33. The summed E-state index contributed by atoms with van der Waals surface area (Å²) in [5.74, 6) is 5.10. The lowest BCUT2D eigenvalue weighted by molar-refractivity contribution is -0.125. The second-order valence-corrected chi connectivity index (χ2v) is 2.86. The molecule has 0 atom stereocenters. The van der Waals surface area contributed by atoms with Gasteiger partial charge in [-0.15, -0.1) is 0 Å². The minimum Gasteiger partial charge on any atom is -0.313 e. The predicted molar refractivity (Wildman–Crippen MR) is 49.6 cm³/mol. The molecule has 1 amide bonds. The number of carbonyl (C=O) groups excluding carboxylic acids is 1. The number of nitrogens with one attached hydrogen (secondary N) is 1. The number of nitrogens with zero attached hydrogens (tertiary/aromatic N) is 3. The van der Waals surface area contributed by atoms with Crippen molar-refractivity contribution in [3.63, 3.8) is 0 Å². The van der Waals surface area contributed by atoms with Gasteiger partial charge in [-0.2, -0.15) is 5.10 Å². The van der Waals surface area contributed by atoms with Crippen molar-refractivity contribution in [3.05, 3.63) is 0 Å². The summed E-state index contributed by atoms with van der Waals surface area (Å²) >= 11 is 0. The van der Waals surface area contributed by atoms with E-state index in [1.165, 1.54) is 13.3 Å². The number of carbonyl (C=O) groups is 1. The summed E-state index contributed by atoms with van der Waals surface area (Å²) in [6.07, 6.45) is 1.34. The van der Waals surface area contributed by atoms with Crippen LogP contribution in [0.25, 0.3) is 0 Å². The van der Waals surface area contributed by atoms with E-state index in [1.807, 2.05) is 5.01 Å². The molecule has 0 unspecified atom stereocenters. The zero-order valence-electron chi connectivity index (χ0n) is 7.73. The van der Waals surface area contributed by atoms with Crippen LogP contribution in [-0.4, -0.2) is 48.4 Å². The molecule has 1 aliphatic heterocycles. The highest BCUT2D eigenvalue weighted by atomic mass is 16.2. The van der Waals surface area contributed by atoms with Crippen LogP contribution in [-0.2, 0) is 4.79 Å². The normalized spacial score (nSPS) is 17.8. The Morgan fingerprint density at radius 1 is 1.62 bits per heavy atom. The van der Waals surface area contributed by atoms with Gasteiger partial charge in [-0.3, -0.25) is 9.80 Å². The lowest BCUT2D eigenvalue weighted by atomic mass is 10.4. The van der Waals surface area contributed by atoms with E-state index in [0.717, 1.165) is 31.2 Å². The van der Waals surface area contributed by atoms with Crippen LogP contribution in [0.4, 0.5) is 0 Å². The lowest BCUT2D eigenvalue weighted by Crippen LogP contribution is -2.42. The molecule has 1 fully saturated rings. The molecule has 0 aliphatic carbocycles. The highest BCUT2D eigenvalue weighted by molar-refractivity contribution is 5.84. The molecule has 0 saturated carbocycles. The number of nitrogens with two attached hydrogens (primary N) is 1. The van der Waals surface area contributed by atoms with E-state index in [4.69, 9.17) is 5.84 Å². The quantitative estimate of drug-likeness (QED) is 0.182. The number of hydrogen-bond donors (Lipinski definition) is 2. The molecule has 1 rings (SSSR count). The van der Waals surface area contributed by atoms with Crippen molar-refractivity contribution in [1.82, 2.24) is 15.3 Å². The first kappa shape index (κ1) is 9.94. The molecule has 0 aromatic rings. The highest BCUT2D eigenvalue weighted by Crippen LogP contribution is 1.91. The average Bonchev–Trinajstić information content (AvgIpc) is 2.15. The smallest absolute Gasteiger partial charge is 0.238 e. The molecule has 6 heteroatoms. The Hall–Kier alpha value is -1.14. The molecule has 1 saturated heterocycles. The van der Waals surface area contributed by atoms with Gasteiger partial charge in [0.2, 0.25) is 5.91 Å². The summed E-state index contributed by atoms with van der Waals surface area (Å²) < 4.78 is 0. The predicted octanol–water partition coefficient (Wildman–Crippen LogP) is -1.44. The van der Waals surface area contributed by atoms with E-state index in [2.05, 4.69) is 10.4 Å². The molecule has 74 valence electrons. The molecular weight excluding hydrogens is 170 g/mol. The number of amides is 1. The topological polar surface area (TPSA) is 74.0 Å². The van der Waals surface area contributed by atoms with Gasteiger partial charge >= 0.3 is 0 Å². The fourth-order valence-corrected chi connectivity index (χ4v) is 0.978. The molecular formula is C7H15N5O. The van der Waals surface area contributed by atoms with Crippen LogP contribution in [0.5, 0.6) is 0 Å². The molecule has 1 heterocycles. The number of hydrazine groups is 1. The van der Waals surface area contributed by atoms with Crippen molar-refractivity contribution in [2.45, 2.75) is 6.92 Å². The fraction of sp³-hybridized carbons (Fsp3) is 0.714. The molecule has 1 aliphatic rings. The molecule has 0 aromatic carbocycles. The maximum absolute atomic E-state index is 10.7. The molecule has 0 radical (unpaired) electrons. The molecule has 13 heavy (non-hydrogen) atoms. The van der Waals surface area contributed by atoms with Crippen molar-refractivity contribution in [3.8, 4) is 0 Å². The number of hydrazone groups is 1. The van der Waals surface area contributed by atoms with Gasteiger partial charge in [-0.05, 0) is 0 Å². The van der Waals surface area contributed by atoms with E-state index >= 15 is 0 Å². The van der Waals surface area contributed by atoms with Crippen molar-refractivity contribution in [2.24, 2.45) is 10.9 Å². The van der Waals surface area contributed by atoms with Crippen LogP contribution in [0.3, 0.4) is 0 Å². The first-order valence-electron chi connectivity index (χ1n) is 4.24. The maximum atomic E-state index is 10.7. The van der Waals surface area contributed by atoms with E-state index < -0.39 is 0 Å². The van der Waals surface area contributed by atoms with Crippen molar-refractivity contribution in [1.29, 1.82) is 0 Å². The van der Waals surface area contributed by atoms with Gasteiger partial charge in [-0.25, -0.2) is 10.9 Å². The lowest BCUT2D eigenvalue weighted by Gasteiger charge is -2.24. The first-order chi connectivity index (χ1) is 6.20. The summed E-state index contributed by atoms with van der Waals surface area (Å²) in [5.41, 5.74) is 0. The largest absolute Gasteiger partial charge is 0.313 e. The van der Waals surface area contributed by atoms with Crippen LogP contribution in [0, 0.1) is 0 Å². The Labute approximate surface area is 77.3 Å². The zero-order chi connectivity index (χ0) is 9.68. The van der Waals surface area contributed by atoms with Gasteiger partial charge in [0.15, 0.2) is 0 Å². The fourth-order valence-electron chi connectivity index (χ4n) is 0.978. The number of rotatable bonds is 2. The molecule has 0 aromatic heterocycles. The third-order valence-corrected chi connectivity index (χ3v) is 1.80. The highest BCUT2D eigenvalue weighted by Gasteiger charge is 2.06. The molecule has 6 nitrogen and oxygen atoms in total. The van der Waals surface area contributed by atoms with Gasteiger partial charge in [0, 0.05) is 33.1 Å². The Bertz CT molecular complexity index is 199. The Kier molecular flexibility index (Phi) is 3.66. The summed E-state index contributed by atoms with van der Waals surface area (Å²) in [7, 11) is 0. The minimum atomic E-state index is -0.223. The van der Waals surface area contributed by atoms with Gasteiger partial charge in [0.1, 0.15) is 6.34 Å². The summed E-state index contributed by atoms with van der Waals surface area (Å²) in [4.78, 5) is 10.7. The standard InChI is InChI=1S/C7H15N5O/c1-7(13)12(8)6-10-11-4-2-9-3-5-11/h6,9H,2-5,8H2,1H3. The second-order valence-electron chi connectivity index (χ2n) is 2.86. The van der Waals surface area contributed by atoms with Crippen LogP contribution in [0.15, 0.2) is 5.10 Å². The SMILES string of the molecule is CC(=O)N(N)C=NN1CCNCC1. The summed E-state index contributed by atoms with van der Waals surface area (Å²) in [5, 5.41) is 10.1. The van der Waals surface area contributed by atoms with E-state index in [9.17, 15) is 4.79 Å². The maximum Gasteiger partial charge on any atom is 0.238 e. The van der Waals surface area contributed by atoms with E-state index in [0.29, 0.717) is 0 Å². The molecule has 3 N–H and O–H groups in total. The number of hydrogen-bond acceptors (Lipinski definition) is 5. The van der Waals surface area contributed by atoms with Gasteiger partial charge < -0.3 is 5.32 Å². The van der Waals surface area contributed by atoms with Gasteiger partial charge in [0.05, 0.1) is 0 Å². The minimum absolute atomic E-state index is 0.223. The van der Waals surface area contributed by atoms with E-state index in [-0.39, 0.29) is 5.91 Å². The average molecular weight is 185 g/mol. The van der Waals surface area contributed by atoms with Gasteiger partial charge in [-0.1, -0.05) is 0 Å².